The smallest absolute Gasteiger partial charge is 0.147 e. The fourth-order valence-electron chi connectivity index (χ4n) is 2.62. The number of aromatic nitrogens is 2. The number of nitrogen functional groups attached to an aromatic ring is 1. The lowest BCUT2D eigenvalue weighted by Crippen LogP contribution is -2.14. The Hall–Kier alpha value is -1.94. The van der Waals surface area contributed by atoms with Gasteiger partial charge in [-0.05, 0) is 31.2 Å². The van der Waals surface area contributed by atoms with Crippen molar-refractivity contribution in [2.75, 3.05) is 5.43 Å². The van der Waals surface area contributed by atoms with Crippen LogP contribution in [0.25, 0.3) is 0 Å². The first-order chi connectivity index (χ1) is 9.36. The Morgan fingerprint density at radius 1 is 1.05 bits per heavy atom. The molecule has 0 aliphatic heterocycles. The van der Waals surface area contributed by atoms with E-state index < -0.39 is 0 Å². The van der Waals surface area contributed by atoms with Gasteiger partial charge in [-0.1, -0.05) is 30.3 Å². The highest BCUT2D eigenvalue weighted by molar-refractivity contribution is 5.47. The van der Waals surface area contributed by atoms with E-state index in [4.69, 9.17) is 5.84 Å². The van der Waals surface area contributed by atoms with Crippen molar-refractivity contribution in [1.82, 2.24) is 9.97 Å². The molecule has 98 valence electrons. The number of hydrazine groups is 1. The molecule has 19 heavy (non-hydrogen) atoms. The van der Waals surface area contributed by atoms with Crippen LogP contribution in [0, 0.1) is 0 Å². The van der Waals surface area contributed by atoms with Crippen molar-refractivity contribution in [3.05, 3.63) is 53.0 Å². The number of anilines is 1. The van der Waals surface area contributed by atoms with Crippen LogP contribution < -0.4 is 11.3 Å². The van der Waals surface area contributed by atoms with Gasteiger partial charge in [0.1, 0.15) is 11.6 Å². The lowest BCUT2D eigenvalue weighted by atomic mass is 10.1. The molecule has 4 nitrogen and oxygen atoms in total. The van der Waals surface area contributed by atoms with Crippen molar-refractivity contribution in [2.45, 2.75) is 32.1 Å². The molecule has 0 atom stereocenters. The van der Waals surface area contributed by atoms with E-state index in [1.807, 2.05) is 6.07 Å². The molecule has 1 aromatic heterocycles. The van der Waals surface area contributed by atoms with Gasteiger partial charge in [0.25, 0.3) is 0 Å². The molecular weight excluding hydrogens is 236 g/mol. The summed E-state index contributed by atoms with van der Waals surface area (Å²) in [5.74, 6) is 7.26. The van der Waals surface area contributed by atoms with E-state index in [1.54, 1.807) is 0 Å². The molecule has 2 aromatic rings. The molecule has 1 aromatic carbocycles. The van der Waals surface area contributed by atoms with Crippen molar-refractivity contribution in [3.8, 4) is 0 Å². The van der Waals surface area contributed by atoms with Crippen LogP contribution in [0.4, 0.5) is 5.82 Å². The molecule has 0 bridgehead atoms. The third-order valence-corrected chi connectivity index (χ3v) is 3.60. The highest BCUT2D eigenvalue weighted by Gasteiger charge is 2.18. The zero-order valence-electron chi connectivity index (χ0n) is 10.9. The van der Waals surface area contributed by atoms with Crippen LogP contribution in [0.2, 0.25) is 0 Å². The van der Waals surface area contributed by atoms with Crippen LogP contribution in [0.3, 0.4) is 0 Å². The van der Waals surface area contributed by atoms with E-state index in [9.17, 15) is 0 Å². The zero-order chi connectivity index (χ0) is 13.1. The number of hydrogen-bond acceptors (Lipinski definition) is 4. The Bertz CT molecular complexity index is 566. The van der Waals surface area contributed by atoms with E-state index in [0.717, 1.165) is 43.7 Å². The number of nitrogens with zero attached hydrogens (tertiary/aromatic N) is 2. The maximum Gasteiger partial charge on any atom is 0.147 e. The van der Waals surface area contributed by atoms with Gasteiger partial charge < -0.3 is 5.43 Å². The molecule has 0 amide bonds. The van der Waals surface area contributed by atoms with Gasteiger partial charge in [-0.2, -0.15) is 0 Å². The standard InChI is InChI=1S/C15H18N4/c16-19-15-12-7-4-8-13(12)17-14(18-15)10-9-11-5-2-1-3-6-11/h1-3,5-6H,4,7-10,16H2,(H,17,18,19). The number of hydrogen-bond donors (Lipinski definition) is 2. The van der Waals surface area contributed by atoms with Gasteiger partial charge >= 0.3 is 0 Å². The molecule has 0 saturated carbocycles. The summed E-state index contributed by atoms with van der Waals surface area (Å²) in [7, 11) is 0. The second-order valence-electron chi connectivity index (χ2n) is 4.90. The van der Waals surface area contributed by atoms with Gasteiger partial charge in [0.15, 0.2) is 0 Å². The monoisotopic (exact) mass is 254 g/mol. The summed E-state index contributed by atoms with van der Waals surface area (Å²) in [6.07, 6.45) is 5.05. The number of nitrogens with two attached hydrogens (primary N) is 1. The Morgan fingerprint density at radius 3 is 2.68 bits per heavy atom. The van der Waals surface area contributed by atoms with Gasteiger partial charge in [0.05, 0.1) is 0 Å². The third-order valence-electron chi connectivity index (χ3n) is 3.60. The van der Waals surface area contributed by atoms with Crippen LogP contribution >= 0.6 is 0 Å². The molecule has 0 radical (unpaired) electrons. The highest BCUT2D eigenvalue weighted by atomic mass is 15.3. The summed E-state index contributed by atoms with van der Waals surface area (Å²) in [6.45, 7) is 0. The van der Waals surface area contributed by atoms with Crippen LogP contribution in [0.1, 0.15) is 29.1 Å². The van der Waals surface area contributed by atoms with Gasteiger partial charge in [-0.25, -0.2) is 15.8 Å². The summed E-state index contributed by atoms with van der Waals surface area (Å²) in [4.78, 5) is 9.20. The molecule has 3 N–H and O–H groups in total. The molecule has 0 saturated heterocycles. The minimum atomic E-state index is 0.811. The molecule has 1 heterocycles. The molecule has 4 heteroatoms. The first-order valence-corrected chi connectivity index (χ1v) is 6.76. The molecule has 1 aliphatic rings. The number of aryl methyl sites for hydroxylation is 3. The Morgan fingerprint density at radius 2 is 1.89 bits per heavy atom. The number of rotatable bonds is 4. The van der Waals surface area contributed by atoms with Gasteiger partial charge in [0.2, 0.25) is 0 Å². The Balaban J connectivity index is 1.78. The average Bonchev–Trinajstić information content (AvgIpc) is 2.93. The van der Waals surface area contributed by atoms with Crippen molar-refractivity contribution in [1.29, 1.82) is 0 Å². The maximum atomic E-state index is 5.56. The quantitative estimate of drug-likeness (QED) is 0.647. The van der Waals surface area contributed by atoms with Crippen LogP contribution in [0.15, 0.2) is 30.3 Å². The van der Waals surface area contributed by atoms with Crippen molar-refractivity contribution >= 4 is 5.82 Å². The fraction of sp³-hybridized carbons (Fsp3) is 0.333. The lowest BCUT2D eigenvalue weighted by Gasteiger charge is -2.09. The first-order valence-electron chi connectivity index (χ1n) is 6.76. The number of fused-ring (bicyclic) bond motifs is 1. The molecule has 1 aliphatic carbocycles. The summed E-state index contributed by atoms with van der Waals surface area (Å²) in [5.41, 5.74) is 6.40. The van der Waals surface area contributed by atoms with Crippen molar-refractivity contribution in [2.24, 2.45) is 5.84 Å². The van der Waals surface area contributed by atoms with E-state index in [-0.39, 0.29) is 0 Å². The van der Waals surface area contributed by atoms with Crippen LogP contribution in [-0.4, -0.2) is 9.97 Å². The Labute approximate surface area is 113 Å². The van der Waals surface area contributed by atoms with Gasteiger partial charge in [0, 0.05) is 17.7 Å². The van der Waals surface area contributed by atoms with E-state index >= 15 is 0 Å². The summed E-state index contributed by atoms with van der Waals surface area (Å²) >= 11 is 0. The highest BCUT2D eigenvalue weighted by Crippen LogP contribution is 2.25. The lowest BCUT2D eigenvalue weighted by molar-refractivity contribution is 0.833. The summed E-state index contributed by atoms with van der Waals surface area (Å²) in [5, 5.41) is 0. The second kappa shape index (κ2) is 5.36. The molecule has 0 unspecified atom stereocenters. The second-order valence-corrected chi connectivity index (χ2v) is 4.90. The van der Waals surface area contributed by atoms with Gasteiger partial charge in [-0.3, -0.25) is 0 Å². The Kier molecular flexibility index (Phi) is 3.42. The fourth-order valence-corrected chi connectivity index (χ4v) is 2.62. The van der Waals surface area contributed by atoms with E-state index in [0.29, 0.717) is 0 Å². The average molecular weight is 254 g/mol. The van der Waals surface area contributed by atoms with Crippen LogP contribution in [0.5, 0.6) is 0 Å². The number of nitrogens with one attached hydrogen (secondary N) is 1. The van der Waals surface area contributed by atoms with E-state index in [1.165, 1.54) is 16.8 Å². The molecular formula is C15H18N4. The third kappa shape index (κ3) is 2.58. The molecule has 3 rings (SSSR count). The topological polar surface area (TPSA) is 63.8 Å². The maximum absolute atomic E-state index is 5.56. The molecule has 0 spiro atoms. The normalized spacial score (nSPS) is 13.3. The largest absolute Gasteiger partial charge is 0.308 e. The predicted molar refractivity (Wildman–Crippen MR) is 75.7 cm³/mol. The van der Waals surface area contributed by atoms with Crippen molar-refractivity contribution < 1.29 is 0 Å². The minimum absolute atomic E-state index is 0.811. The number of benzene rings is 1. The van der Waals surface area contributed by atoms with Crippen molar-refractivity contribution in [3.63, 3.8) is 0 Å². The van der Waals surface area contributed by atoms with E-state index in [2.05, 4.69) is 39.7 Å². The summed E-state index contributed by atoms with van der Waals surface area (Å²) < 4.78 is 0. The first kappa shape index (κ1) is 12.1. The summed E-state index contributed by atoms with van der Waals surface area (Å²) in [6, 6.07) is 10.4. The predicted octanol–water partition coefficient (Wildman–Crippen LogP) is 2.04. The van der Waals surface area contributed by atoms with Crippen LogP contribution in [-0.2, 0) is 25.7 Å². The SMILES string of the molecule is NNc1nc(CCc2ccccc2)nc2c1CCC2. The zero-order valence-corrected chi connectivity index (χ0v) is 10.9. The minimum Gasteiger partial charge on any atom is -0.308 e. The molecule has 0 fully saturated rings. The van der Waals surface area contributed by atoms with Gasteiger partial charge in [-0.15, -0.1) is 0 Å².